The van der Waals surface area contributed by atoms with E-state index in [1.807, 2.05) is 24.1 Å². The quantitative estimate of drug-likeness (QED) is 0.793. The highest BCUT2D eigenvalue weighted by Crippen LogP contribution is 2.24. The van der Waals surface area contributed by atoms with Gasteiger partial charge in [0.2, 0.25) is 0 Å². The van der Waals surface area contributed by atoms with E-state index in [1.54, 1.807) is 12.3 Å². The molecule has 0 unspecified atom stereocenters. The first-order chi connectivity index (χ1) is 11.4. The standard InChI is InChI=1S/C16H21ClN6O.ClH/c1-10(2)9-23(3)15-13(17)21-12(14(18)22-15)16(24)20-8-11-6-4-5-7-19-11;/h4-7,10H,8-9H2,1-3H3,(H2,18,22)(H,20,24);1H. The van der Waals surface area contributed by atoms with Crippen LogP contribution in [0.15, 0.2) is 24.4 Å². The summed E-state index contributed by atoms with van der Waals surface area (Å²) in [6.07, 6.45) is 1.66. The molecule has 0 fully saturated rings. The van der Waals surface area contributed by atoms with Crippen molar-refractivity contribution in [3.63, 3.8) is 0 Å². The molecule has 7 nitrogen and oxygen atoms in total. The van der Waals surface area contributed by atoms with Crippen LogP contribution in [0.5, 0.6) is 0 Å². The Balaban J connectivity index is 0.00000312. The normalized spacial score (nSPS) is 10.3. The maximum Gasteiger partial charge on any atom is 0.274 e. The Morgan fingerprint density at radius 2 is 2.08 bits per heavy atom. The number of amides is 1. The Kier molecular flexibility index (Phi) is 7.86. The van der Waals surface area contributed by atoms with Crippen molar-refractivity contribution in [2.45, 2.75) is 20.4 Å². The maximum atomic E-state index is 12.3. The van der Waals surface area contributed by atoms with Gasteiger partial charge in [-0.05, 0) is 18.1 Å². The third-order valence-corrected chi connectivity index (χ3v) is 3.49. The van der Waals surface area contributed by atoms with Gasteiger partial charge in [0, 0.05) is 19.8 Å². The van der Waals surface area contributed by atoms with Gasteiger partial charge in [0.25, 0.3) is 5.91 Å². The van der Waals surface area contributed by atoms with Crippen LogP contribution in [-0.4, -0.2) is 34.5 Å². The molecular formula is C16H22Cl2N6O. The van der Waals surface area contributed by atoms with Crippen molar-refractivity contribution >= 4 is 41.6 Å². The van der Waals surface area contributed by atoms with Crippen LogP contribution < -0.4 is 16.0 Å². The van der Waals surface area contributed by atoms with E-state index in [1.165, 1.54) is 0 Å². The molecule has 0 aliphatic carbocycles. The SMILES string of the molecule is CC(C)CN(C)c1nc(N)c(C(=O)NCc2ccccn2)nc1Cl.Cl. The van der Waals surface area contributed by atoms with Crippen LogP contribution in [0.25, 0.3) is 0 Å². The number of nitrogens with two attached hydrogens (primary N) is 1. The van der Waals surface area contributed by atoms with Crippen molar-refractivity contribution in [1.82, 2.24) is 20.3 Å². The van der Waals surface area contributed by atoms with Crippen LogP contribution in [0, 0.1) is 5.92 Å². The number of hydrogen-bond acceptors (Lipinski definition) is 6. The Hall–Kier alpha value is -2.12. The van der Waals surface area contributed by atoms with E-state index in [-0.39, 0.29) is 35.6 Å². The first kappa shape index (κ1) is 20.9. The van der Waals surface area contributed by atoms with Crippen LogP contribution in [0.4, 0.5) is 11.6 Å². The van der Waals surface area contributed by atoms with E-state index in [0.29, 0.717) is 11.7 Å². The Bertz CT molecular complexity index is 711. The smallest absolute Gasteiger partial charge is 0.274 e. The molecular weight excluding hydrogens is 363 g/mol. The monoisotopic (exact) mass is 384 g/mol. The molecule has 0 spiro atoms. The van der Waals surface area contributed by atoms with E-state index in [4.69, 9.17) is 17.3 Å². The van der Waals surface area contributed by atoms with E-state index in [9.17, 15) is 4.79 Å². The van der Waals surface area contributed by atoms with Crippen LogP contribution in [0.2, 0.25) is 5.15 Å². The zero-order chi connectivity index (χ0) is 17.7. The fourth-order valence-electron chi connectivity index (χ4n) is 2.22. The number of carbonyl (C=O) groups excluding carboxylic acids is 1. The lowest BCUT2D eigenvalue weighted by molar-refractivity contribution is 0.0946. The lowest BCUT2D eigenvalue weighted by Gasteiger charge is -2.21. The van der Waals surface area contributed by atoms with Crippen LogP contribution in [-0.2, 0) is 6.54 Å². The summed E-state index contributed by atoms with van der Waals surface area (Å²) in [7, 11) is 1.86. The number of nitrogens with zero attached hydrogens (tertiary/aromatic N) is 4. The zero-order valence-electron chi connectivity index (χ0n) is 14.4. The molecule has 25 heavy (non-hydrogen) atoms. The van der Waals surface area contributed by atoms with Crippen molar-refractivity contribution in [2.24, 2.45) is 5.92 Å². The molecule has 2 aromatic heterocycles. The van der Waals surface area contributed by atoms with Gasteiger partial charge in [0.05, 0.1) is 12.2 Å². The molecule has 2 aromatic rings. The summed E-state index contributed by atoms with van der Waals surface area (Å²) in [5, 5.41) is 2.86. The Morgan fingerprint density at radius 1 is 1.36 bits per heavy atom. The molecule has 0 bridgehead atoms. The summed E-state index contributed by atoms with van der Waals surface area (Å²) in [6.45, 7) is 5.19. The van der Waals surface area contributed by atoms with Crippen LogP contribution in [0.3, 0.4) is 0 Å². The Labute approximate surface area is 158 Å². The lowest BCUT2D eigenvalue weighted by atomic mass is 10.2. The van der Waals surface area contributed by atoms with E-state index < -0.39 is 5.91 Å². The van der Waals surface area contributed by atoms with E-state index in [2.05, 4.69) is 34.1 Å². The number of anilines is 2. The molecule has 0 radical (unpaired) electrons. The van der Waals surface area contributed by atoms with Crippen molar-refractivity contribution in [3.05, 3.63) is 40.9 Å². The van der Waals surface area contributed by atoms with Crippen LogP contribution in [0.1, 0.15) is 30.0 Å². The minimum Gasteiger partial charge on any atom is -0.382 e. The van der Waals surface area contributed by atoms with Crippen LogP contribution >= 0.6 is 24.0 Å². The topological polar surface area (TPSA) is 97.0 Å². The number of aromatic nitrogens is 3. The average Bonchev–Trinajstić information content (AvgIpc) is 2.54. The number of carbonyl (C=O) groups is 1. The van der Waals surface area contributed by atoms with Gasteiger partial charge in [-0.15, -0.1) is 12.4 Å². The van der Waals surface area contributed by atoms with Gasteiger partial charge in [0.15, 0.2) is 22.5 Å². The first-order valence-electron chi connectivity index (χ1n) is 7.60. The molecule has 0 aliphatic heterocycles. The highest BCUT2D eigenvalue weighted by Gasteiger charge is 2.19. The minimum atomic E-state index is -0.439. The predicted octanol–water partition coefficient (Wildman–Crippen LogP) is 2.55. The van der Waals surface area contributed by atoms with Gasteiger partial charge >= 0.3 is 0 Å². The lowest BCUT2D eigenvalue weighted by Crippen LogP contribution is -2.28. The second kappa shape index (κ2) is 9.39. The largest absolute Gasteiger partial charge is 0.382 e. The summed E-state index contributed by atoms with van der Waals surface area (Å²) >= 11 is 6.18. The molecule has 2 heterocycles. The number of nitrogens with one attached hydrogen (secondary N) is 1. The fourth-order valence-corrected chi connectivity index (χ4v) is 2.49. The number of nitrogen functional groups attached to an aromatic ring is 1. The molecule has 0 aromatic carbocycles. The summed E-state index contributed by atoms with van der Waals surface area (Å²) in [6, 6.07) is 5.46. The molecule has 0 saturated heterocycles. The molecule has 2 rings (SSSR count). The first-order valence-corrected chi connectivity index (χ1v) is 7.98. The molecule has 1 amide bonds. The third kappa shape index (κ3) is 5.72. The number of hydrogen-bond donors (Lipinski definition) is 2. The molecule has 0 atom stereocenters. The fraction of sp³-hybridized carbons (Fsp3) is 0.375. The van der Waals surface area contributed by atoms with Gasteiger partial charge in [-0.3, -0.25) is 9.78 Å². The highest BCUT2D eigenvalue weighted by molar-refractivity contribution is 6.32. The zero-order valence-corrected chi connectivity index (χ0v) is 15.9. The minimum absolute atomic E-state index is 0. The van der Waals surface area contributed by atoms with E-state index in [0.717, 1.165) is 12.2 Å². The highest BCUT2D eigenvalue weighted by atomic mass is 35.5. The van der Waals surface area contributed by atoms with Gasteiger partial charge in [-0.25, -0.2) is 9.97 Å². The summed E-state index contributed by atoms with van der Waals surface area (Å²) < 4.78 is 0. The molecule has 0 aliphatic rings. The molecule has 136 valence electrons. The van der Waals surface area contributed by atoms with E-state index >= 15 is 0 Å². The van der Waals surface area contributed by atoms with Gasteiger partial charge in [-0.2, -0.15) is 0 Å². The van der Waals surface area contributed by atoms with Crippen molar-refractivity contribution < 1.29 is 4.79 Å². The Morgan fingerprint density at radius 3 is 2.68 bits per heavy atom. The third-order valence-electron chi connectivity index (χ3n) is 3.24. The van der Waals surface area contributed by atoms with Crippen molar-refractivity contribution in [3.8, 4) is 0 Å². The number of rotatable bonds is 6. The average molecular weight is 385 g/mol. The van der Waals surface area contributed by atoms with Gasteiger partial charge in [-0.1, -0.05) is 31.5 Å². The molecule has 9 heteroatoms. The number of halogens is 2. The van der Waals surface area contributed by atoms with Crippen molar-refractivity contribution in [2.75, 3.05) is 24.2 Å². The predicted molar refractivity (Wildman–Crippen MR) is 102 cm³/mol. The maximum absolute atomic E-state index is 12.3. The second-order valence-electron chi connectivity index (χ2n) is 5.85. The molecule has 3 N–H and O–H groups in total. The summed E-state index contributed by atoms with van der Waals surface area (Å²) in [5.41, 5.74) is 6.64. The van der Waals surface area contributed by atoms with Gasteiger partial charge in [0.1, 0.15) is 0 Å². The number of pyridine rings is 1. The van der Waals surface area contributed by atoms with Crippen molar-refractivity contribution in [1.29, 1.82) is 0 Å². The molecule has 0 saturated carbocycles. The summed E-state index contributed by atoms with van der Waals surface area (Å²) in [4.78, 5) is 26.6. The summed E-state index contributed by atoms with van der Waals surface area (Å²) in [5.74, 6) is 0.494. The van der Waals surface area contributed by atoms with Gasteiger partial charge < -0.3 is 16.0 Å². The second-order valence-corrected chi connectivity index (χ2v) is 6.21.